The van der Waals surface area contributed by atoms with Gasteiger partial charge >= 0.3 is 5.97 Å². The number of aliphatic hydroxyl groups is 1. The van der Waals surface area contributed by atoms with E-state index in [1.54, 1.807) is 0 Å². The average Bonchev–Trinajstić information content (AvgIpc) is 3.58. The highest BCUT2D eigenvalue weighted by atomic mass is 32.1. The van der Waals surface area contributed by atoms with Crippen LogP contribution in [0, 0.1) is 11.8 Å². The molecule has 0 radical (unpaired) electrons. The average molecular weight is 471 g/mol. The van der Waals surface area contributed by atoms with Crippen LogP contribution in [0.3, 0.4) is 0 Å². The van der Waals surface area contributed by atoms with E-state index in [4.69, 9.17) is 9.47 Å². The number of thiophene rings is 1. The first-order valence-corrected chi connectivity index (χ1v) is 13.4. The van der Waals surface area contributed by atoms with E-state index in [2.05, 4.69) is 12.1 Å². The number of rotatable bonds is 9. The summed E-state index contributed by atoms with van der Waals surface area (Å²) in [6, 6.07) is 14.1. The molecule has 1 saturated carbocycles. The molecule has 6 heteroatoms. The maximum atomic E-state index is 13.5. The van der Waals surface area contributed by atoms with Gasteiger partial charge in [0.2, 0.25) is 0 Å². The van der Waals surface area contributed by atoms with Crippen LogP contribution in [-0.2, 0) is 26.5 Å². The molecule has 2 atom stereocenters. The molecule has 1 aromatic carbocycles. The smallest absolute Gasteiger partial charge is 0.344 e. The maximum Gasteiger partial charge on any atom is 0.344 e. The Bertz CT molecular complexity index is 903. The van der Waals surface area contributed by atoms with Crippen LogP contribution in [0.1, 0.15) is 49.0 Å². The van der Waals surface area contributed by atoms with Crippen LogP contribution < -0.4 is 0 Å². The van der Waals surface area contributed by atoms with E-state index in [-0.39, 0.29) is 12.0 Å². The number of hydrogen-bond donors (Lipinski definition) is 1. The largest absolute Gasteiger partial charge is 0.454 e. The number of nitrogens with zero attached hydrogens (tertiary/aromatic N) is 1. The molecule has 6 rings (SSSR count). The fourth-order valence-electron chi connectivity index (χ4n) is 6.23. The van der Waals surface area contributed by atoms with Crippen LogP contribution in [0.25, 0.3) is 0 Å². The van der Waals surface area contributed by atoms with Gasteiger partial charge in [0.1, 0.15) is 13.1 Å². The van der Waals surface area contributed by atoms with E-state index < -0.39 is 11.6 Å². The standard InChI is InChI=1S/C27H36NO4S/c29-26(27(30,23-9-4-5-10-23)25-11-6-18-33-25)32-24-19-28(14-12-22(24)13-15-28)16-17-31-20-21-7-2-1-3-8-21/h1-3,6-8,11,18,22-24,30H,4-5,9-10,12-17,19-20H2/q+1/t22?,24-,27+,28?/m0/s1. The van der Waals surface area contributed by atoms with Crippen LogP contribution in [0.15, 0.2) is 47.8 Å². The van der Waals surface area contributed by atoms with E-state index in [1.807, 2.05) is 35.7 Å². The Hall–Kier alpha value is -1.73. The van der Waals surface area contributed by atoms with Crippen molar-refractivity contribution in [2.75, 3.05) is 32.8 Å². The molecule has 178 valence electrons. The number of piperidine rings is 3. The summed E-state index contributed by atoms with van der Waals surface area (Å²) in [5.41, 5.74) is -0.304. The molecule has 4 fully saturated rings. The third-order valence-electron chi connectivity index (χ3n) is 8.28. The zero-order chi connectivity index (χ0) is 22.7. The molecule has 2 aromatic rings. The van der Waals surface area contributed by atoms with Crippen molar-refractivity contribution in [1.29, 1.82) is 0 Å². The Morgan fingerprint density at radius 3 is 2.52 bits per heavy atom. The summed E-state index contributed by atoms with van der Waals surface area (Å²) in [4.78, 5) is 14.3. The first kappa shape index (κ1) is 23.0. The summed E-state index contributed by atoms with van der Waals surface area (Å²) in [7, 11) is 0. The molecule has 4 heterocycles. The van der Waals surface area contributed by atoms with Gasteiger partial charge in [0.05, 0.1) is 26.3 Å². The number of esters is 1. The fraction of sp³-hybridized carbons (Fsp3) is 0.593. The highest BCUT2D eigenvalue weighted by molar-refractivity contribution is 7.10. The number of carbonyl (C=O) groups excluding carboxylic acids is 1. The van der Waals surface area contributed by atoms with E-state index in [0.717, 1.165) is 74.1 Å². The Kier molecular flexibility index (Phi) is 6.89. The molecule has 0 spiro atoms. The van der Waals surface area contributed by atoms with Crippen molar-refractivity contribution in [1.82, 2.24) is 0 Å². The number of hydrogen-bond acceptors (Lipinski definition) is 5. The zero-order valence-corrected chi connectivity index (χ0v) is 20.2. The minimum absolute atomic E-state index is 0.0423. The summed E-state index contributed by atoms with van der Waals surface area (Å²) in [6.45, 7) is 5.40. The van der Waals surface area contributed by atoms with Crippen molar-refractivity contribution in [2.24, 2.45) is 11.8 Å². The Morgan fingerprint density at radius 1 is 1.06 bits per heavy atom. The fourth-order valence-corrected chi connectivity index (χ4v) is 7.12. The first-order chi connectivity index (χ1) is 16.1. The lowest BCUT2D eigenvalue weighted by molar-refractivity contribution is -0.946. The highest BCUT2D eigenvalue weighted by Crippen LogP contribution is 2.44. The normalized spacial score (nSPS) is 29.1. The Balaban J connectivity index is 1.22. The van der Waals surface area contributed by atoms with Crippen LogP contribution in [0.2, 0.25) is 0 Å². The van der Waals surface area contributed by atoms with Crippen LogP contribution in [0.4, 0.5) is 0 Å². The van der Waals surface area contributed by atoms with Crippen LogP contribution in [-0.4, -0.2) is 54.4 Å². The van der Waals surface area contributed by atoms with Gasteiger partial charge in [-0.05, 0) is 29.9 Å². The summed E-state index contributed by atoms with van der Waals surface area (Å²) in [5, 5.41) is 13.6. The SMILES string of the molecule is O=C(O[C@H]1C[N+]2(CCOCc3ccccc3)CCC1CC2)[C@](O)(c1cccs1)C1CCCC1. The third-order valence-corrected chi connectivity index (χ3v) is 9.27. The third kappa shape index (κ3) is 4.76. The van der Waals surface area contributed by atoms with E-state index in [1.165, 1.54) is 16.9 Å². The van der Waals surface area contributed by atoms with Crippen molar-refractivity contribution >= 4 is 17.3 Å². The second-order valence-corrected chi connectivity index (χ2v) is 11.2. The van der Waals surface area contributed by atoms with E-state index >= 15 is 0 Å². The molecule has 1 aromatic heterocycles. The molecule has 5 nitrogen and oxygen atoms in total. The number of ether oxygens (including phenoxy) is 2. The Labute approximate surface area is 200 Å². The van der Waals surface area contributed by atoms with Crippen LogP contribution >= 0.6 is 11.3 Å². The molecule has 1 N–H and O–H groups in total. The molecule has 0 unspecified atom stereocenters. The van der Waals surface area contributed by atoms with Gasteiger partial charge in [-0.2, -0.15) is 0 Å². The number of benzene rings is 1. The predicted molar refractivity (Wildman–Crippen MR) is 129 cm³/mol. The highest BCUT2D eigenvalue weighted by Gasteiger charge is 2.53. The van der Waals surface area contributed by atoms with Crippen LogP contribution in [0.5, 0.6) is 0 Å². The first-order valence-electron chi connectivity index (χ1n) is 12.5. The maximum absolute atomic E-state index is 13.5. The van der Waals surface area contributed by atoms with Gasteiger partial charge in [0.15, 0.2) is 11.7 Å². The molecule has 3 saturated heterocycles. The van der Waals surface area contributed by atoms with Crippen molar-refractivity contribution in [3.63, 3.8) is 0 Å². The molecular formula is C27H36NO4S+. The second kappa shape index (κ2) is 9.87. The molecule has 2 bridgehead atoms. The summed E-state index contributed by atoms with van der Waals surface area (Å²) in [5.74, 6) is -0.0521. The Morgan fingerprint density at radius 2 is 1.82 bits per heavy atom. The van der Waals surface area contributed by atoms with Gasteiger partial charge in [-0.1, -0.05) is 49.2 Å². The zero-order valence-electron chi connectivity index (χ0n) is 19.4. The lowest BCUT2D eigenvalue weighted by Gasteiger charge is -2.52. The lowest BCUT2D eigenvalue weighted by Crippen LogP contribution is -2.65. The van der Waals surface area contributed by atoms with E-state index in [9.17, 15) is 9.90 Å². The predicted octanol–water partition coefficient (Wildman–Crippen LogP) is 4.49. The molecule has 0 amide bonds. The van der Waals surface area contributed by atoms with Crippen molar-refractivity contribution < 1.29 is 23.9 Å². The van der Waals surface area contributed by atoms with Crippen molar-refractivity contribution in [3.05, 3.63) is 58.3 Å². The minimum Gasteiger partial charge on any atom is -0.454 e. The monoisotopic (exact) mass is 470 g/mol. The lowest BCUT2D eigenvalue weighted by atomic mass is 9.82. The number of quaternary nitrogens is 1. The number of fused-ring (bicyclic) bond motifs is 3. The summed E-state index contributed by atoms with van der Waals surface area (Å²) >= 11 is 1.46. The number of carbonyl (C=O) groups is 1. The minimum atomic E-state index is -1.50. The van der Waals surface area contributed by atoms with Gasteiger partial charge in [-0.3, -0.25) is 0 Å². The molecule has 1 aliphatic carbocycles. The van der Waals surface area contributed by atoms with Gasteiger partial charge in [0, 0.05) is 29.6 Å². The van der Waals surface area contributed by atoms with Crippen molar-refractivity contribution in [3.8, 4) is 0 Å². The summed E-state index contributed by atoms with van der Waals surface area (Å²) < 4.78 is 13.1. The topological polar surface area (TPSA) is 55.8 Å². The van der Waals surface area contributed by atoms with Gasteiger partial charge in [0.25, 0.3) is 0 Å². The van der Waals surface area contributed by atoms with Gasteiger partial charge in [-0.25, -0.2) is 4.79 Å². The van der Waals surface area contributed by atoms with Gasteiger partial charge < -0.3 is 19.1 Å². The summed E-state index contributed by atoms with van der Waals surface area (Å²) in [6.07, 6.45) is 5.96. The molecule has 3 aliphatic heterocycles. The second-order valence-electron chi connectivity index (χ2n) is 10.2. The molecule has 4 aliphatic rings. The quantitative estimate of drug-likeness (QED) is 0.333. The van der Waals surface area contributed by atoms with E-state index in [0.29, 0.717) is 19.1 Å². The molecule has 33 heavy (non-hydrogen) atoms. The molecular weight excluding hydrogens is 434 g/mol. The van der Waals surface area contributed by atoms with Crippen molar-refractivity contribution in [2.45, 2.75) is 56.8 Å². The van der Waals surface area contributed by atoms with Gasteiger partial charge in [-0.15, -0.1) is 11.3 Å².